The fourth-order valence-electron chi connectivity index (χ4n) is 2.78. The minimum Gasteiger partial charge on any atom is -0.496 e. The normalized spacial score (nSPS) is 11.0. The fraction of sp³-hybridized carbons (Fsp3) is 0.100. The van der Waals surface area contributed by atoms with E-state index < -0.39 is 9.84 Å². The lowest BCUT2D eigenvalue weighted by molar-refractivity contribution is 0.415. The summed E-state index contributed by atoms with van der Waals surface area (Å²) in [6, 6.07) is 13.9. The van der Waals surface area contributed by atoms with Crippen molar-refractivity contribution in [2.75, 3.05) is 13.4 Å². The van der Waals surface area contributed by atoms with E-state index in [1.54, 1.807) is 36.5 Å². The van der Waals surface area contributed by atoms with Crippen molar-refractivity contribution in [3.63, 3.8) is 0 Å². The van der Waals surface area contributed by atoms with Gasteiger partial charge in [-0.25, -0.2) is 8.42 Å². The molecule has 3 rings (SSSR count). The summed E-state index contributed by atoms with van der Waals surface area (Å²) >= 11 is 6.14. The molecule has 2 aromatic carbocycles. The molecule has 27 heavy (non-hydrogen) atoms. The third-order valence-corrected chi connectivity index (χ3v) is 5.34. The van der Waals surface area contributed by atoms with Crippen LogP contribution in [0.2, 0.25) is 5.02 Å². The van der Waals surface area contributed by atoms with Crippen LogP contribution in [0.4, 0.5) is 0 Å². The number of pyridine rings is 1. The number of hydrogen-bond acceptors (Lipinski definition) is 5. The fourth-order valence-corrected chi connectivity index (χ4v) is 3.63. The Balaban J connectivity index is 2.42. The van der Waals surface area contributed by atoms with Crippen LogP contribution in [0.25, 0.3) is 22.3 Å². The van der Waals surface area contributed by atoms with Crippen molar-refractivity contribution in [2.45, 2.75) is 4.90 Å². The smallest absolute Gasteiger partial charge is 0.175 e. The van der Waals surface area contributed by atoms with E-state index in [0.29, 0.717) is 33.0 Å². The molecule has 0 aliphatic carbocycles. The molecule has 3 aromatic rings. The largest absolute Gasteiger partial charge is 0.496 e. The lowest BCUT2D eigenvalue weighted by atomic mass is 9.94. The number of ether oxygens (including phenoxy) is 1. The molecule has 0 aliphatic heterocycles. The number of nitriles is 1. The minimum absolute atomic E-state index is 0.127. The summed E-state index contributed by atoms with van der Waals surface area (Å²) in [4.78, 5) is 4.24. The molecular weight excluding hydrogens is 384 g/mol. The molecule has 0 atom stereocenters. The van der Waals surface area contributed by atoms with Crippen molar-refractivity contribution < 1.29 is 13.2 Å². The Bertz CT molecular complexity index is 1170. The van der Waals surface area contributed by atoms with Crippen molar-refractivity contribution in [1.82, 2.24) is 4.98 Å². The molecular formula is C20H15ClN2O3S. The number of benzene rings is 2. The number of nitrogens with zero attached hydrogens (tertiary/aromatic N) is 2. The Morgan fingerprint density at radius 1 is 1.11 bits per heavy atom. The second-order valence-electron chi connectivity index (χ2n) is 5.90. The van der Waals surface area contributed by atoms with Crippen molar-refractivity contribution >= 4 is 21.4 Å². The quantitative estimate of drug-likeness (QED) is 0.652. The SMILES string of the molecule is COc1cc(S(C)(=O)=O)cc(-c2cccc(Cl)c2)c1-c1cncc(C#N)c1. The van der Waals surface area contributed by atoms with Gasteiger partial charge in [0.1, 0.15) is 11.8 Å². The zero-order valence-electron chi connectivity index (χ0n) is 14.6. The molecule has 0 saturated heterocycles. The van der Waals surface area contributed by atoms with E-state index in [9.17, 15) is 13.7 Å². The molecule has 0 fully saturated rings. The predicted octanol–water partition coefficient (Wildman–Crippen LogP) is 4.35. The first-order chi connectivity index (χ1) is 12.8. The van der Waals surface area contributed by atoms with Crippen LogP contribution in [0.3, 0.4) is 0 Å². The lowest BCUT2D eigenvalue weighted by Crippen LogP contribution is -2.01. The third kappa shape index (κ3) is 3.95. The maximum atomic E-state index is 12.2. The summed E-state index contributed by atoms with van der Waals surface area (Å²) in [6.45, 7) is 0. The summed E-state index contributed by atoms with van der Waals surface area (Å²) in [6.07, 6.45) is 4.20. The van der Waals surface area contributed by atoms with Crippen molar-refractivity contribution in [2.24, 2.45) is 0 Å². The summed E-state index contributed by atoms with van der Waals surface area (Å²) in [5.41, 5.74) is 3.01. The second-order valence-corrected chi connectivity index (χ2v) is 8.36. The minimum atomic E-state index is -3.47. The zero-order chi connectivity index (χ0) is 19.6. The lowest BCUT2D eigenvalue weighted by Gasteiger charge is -2.17. The van der Waals surface area contributed by atoms with Gasteiger partial charge in [0.15, 0.2) is 9.84 Å². The van der Waals surface area contributed by atoms with E-state index in [1.807, 2.05) is 6.07 Å². The molecule has 0 bridgehead atoms. The summed E-state index contributed by atoms with van der Waals surface area (Å²) < 4.78 is 29.8. The zero-order valence-corrected chi connectivity index (χ0v) is 16.2. The van der Waals surface area contributed by atoms with Gasteiger partial charge in [-0.2, -0.15) is 5.26 Å². The van der Waals surface area contributed by atoms with Crippen LogP contribution in [0, 0.1) is 11.3 Å². The molecule has 0 aliphatic rings. The Morgan fingerprint density at radius 2 is 1.89 bits per heavy atom. The van der Waals surface area contributed by atoms with Crippen LogP contribution in [0.5, 0.6) is 5.75 Å². The Morgan fingerprint density at radius 3 is 2.52 bits per heavy atom. The Hall–Kier alpha value is -2.88. The van der Waals surface area contributed by atoms with E-state index in [-0.39, 0.29) is 4.90 Å². The highest BCUT2D eigenvalue weighted by atomic mass is 35.5. The Kier molecular flexibility index (Phi) is 5.17. The topological polar surface area (TPSA) is 80.1 Å². The highest BCUT2D eigenvalue weighted by molar-refractivity contribution is 7.90. The summed E-state index contributed by atoms with van der Waals surface area (Å²) in [7, 11) is -2.00. The molecule has 0 radical (unpaired) electrons. The average Bonchev–Trinajstić information content (AvgIpc) is 2.66. The standard InChI is InChI=1S/C20H15ClN2O3S/c1-26-19-9-17(27(2,24)25)8-18(14-4-3-5-16(21)7-14)20(19)15-6-13(10-22)11-23-12-15/h3-9,11-12H,1-2H3. The van der Waals surface area contributed by atoms with E-state index in [0.717, 1.165) is 11.8 Å². The first kappa shape index (κ1) is 18.9. The molecule has 136 valence electrons. The molecule has 0 unspecified atom stereocenters. The molecule has 7 heteroatoms. The highest BCUT2D eigenvalue weighted by Gasteiger charge is 2.20. The highest BCUT2D eigenvalue weighted by Crippen LogP contribution is 2.41. The number of hydrogen-bond donors (Lipinski definition) is 0. The van der Waals surface area contributed by atoms with E-state index in [4.69, 9.17) is 16.3 Å². The van der Waals surface area contributed by atoms with Crippen LogP contribution < -0.4 is 4.74 Å². The summed E-state index contributed by atoms with van der Waals surface area (Å²) in [5, 5.41) is 9.71. The number of rotatable bonds is 4. The Labute approximate surface area is 162 Å². The van der Waals surface area contributed by atoms with Gasteiger partial charge >= 0.3 is 0 Å². The molecule has 0 saturated carbocycles. The molecule has 0 N–H and O–H groups in total. The van der Waals surface area contributed by atoms with Gasteiger partial charge in [0, 0.05) is 34.8 Å². The predicted molar refractivity (Wildman–Crippen MR) is 104 cm³/mol. The average molecular weight is 399 g/mol. The molecule has 0 amide bonds. The first-order valence-corrected chi connectivity index (χ1v) is 10.1. The van der Waals surface area contributed by atoms with Crippen LogP contribution in [0.15, 0.2) is 59.8 Å². The van der Waals surface area contributed by atoms with Gasteiger partial charge in [0.25, 0.3) is 0 Å². The van der Waals surface area contributed by atoms with Gasteiger partial charge in [-0.3, -0.25) is 4.98 Å². The van der Waals surface area contributed by atoms with Crippen molar-refractivity contribution in [1.29, 1.82) is 5.26 Å². The van der Waals surface area contributed by atoms with Crippen LogP contribution >= 0.6 is 11.6 Å². The number of halogens is 1. The van der Waals surface area contributed by atoms with Gasteiger partial charge in [-0.1, -0.05) is 23.7 Å². The number of sulfone groups is 1. The summed E-state index contributed by atoms with van der Waals surface area (Å²) in [5.74, 6) is 0.366. The van der Waals surface area contributed by atoms with Crippen LogP contribution in [0.1, 0.15) is 5.56 Å². The number of aromatic nitrogens is 1. The maximum absolute atomic E-state index is 12.2. The maximum Gasteiger partial charge on any atom is 0.175 e. The van der Waals surface area contributed by atoms with Gasteiger partial charge in [0.05, 0.1) is 17.6 Å². The van der Waals surface area contributed by atoms with Crippen LogP contribution in [-0.2, 0) is 9.84 Å². The van der Waals surface area contributed by atoms with Crippen molar-refractivity contribution in [3.05, 3.63) is 65.4 Å². The van der Waals surface area contributed by atoms with Gasteiger partial charge in [0.2, 0.25) is 0 Å². The van der Waals surface area contributed by atoms with Gasteiger partial charge in [-0.05, 0) is 41.5 Å². The van der Waals surface area contributed by atoms with Gasteiger partial charge < -0.3 is 4.74 Å². The second kappa shape index (κ2) is 7.39. The molecule has 1 heterocycles. The van der Waals surface area contributed by atoms with Crippen LogP contribution in [-0.4, -0.2) is 26.8 Å². The monoisotopic (exact) mass is 398 g/mol. The van der Waals surface area contributed by atoms with E-state index in [2.05, 4.69) is 11.1 Å². The third-order valence-electron chi connectivity index (χ3n) is 4.02. The molecule has 1 aromatic heterocycles. The van der Waals surface area contributed by atoms with E-state index >= 15 is 0 Å². The molecule has 0 spiro atoms. The number of methoxy groups -OCH3 is 1. The van der Waals surface area contributed by atoms with Gasteiger partial charge in [-0.15, -0.1) is 0 Å². The molecule has 5 nitrogen and oxygen atoms in total. The first-order valence-electron chi connectivity index (χ1n) is 7.87. The van der Waals surface area contributed by atoms with Crippen molar-refractivity contribution in [3.8, 4) is 34.1 Å². The van der Waals surface area contributed by atoms with E-state index in [1.165, 1.54) is 19.4 Å².